The molecule has 0 bridgehead atoms. The largest absolute Gasteiger partial charge is 0.399 e. The van der Waals surface area contributed by atoms with E-state index < -0.39 is 0 Å². The average Bonchev–Trinajstić information content (AvgIpc) is 3.35. The fourth-order valence-electron chi connectivity index (χ4n) is 6.19. The second kappa shape index (κ2) is 12.6. The molecule has 222 valence electrons. The lowest BCUT2D eigenvalue weighted by molar-refractivity contribution is 1.01. The number of para-hydroxylation sites is 1. The van der Waals surface area contributed by atoms with Gasteiger partial charge in [-0.15, -0.1) is 0 Å². The fraction of sp³-hybridized carbons (Fsp3) is 0.122. The summed E-state index contributed by atoms with van der Waals surface area (Å²) in [5.74, 6) is 0.808. The zero-order chi connectivity index (χ0) is 31.5. The van der Waals surface area contributed by atoms with Gasteiger partial charge in [0.15, 0.2) is 5.82 Å². The van der Waals surface area contributed by atoms with Crippen molar-refractivity contribution >= 4 is 49.0 Å². The minimum atomic E-state index is 0.808. The van der Waals surface area contributed by atoms with Crippen LogP contribution in [0.25, 0.3) is 54.7 Å². The molecule has 0 saturated heterocycles. The maximum atomic E-state index is 5.81. The van der Waals surface area contributed by atoms with Crippen molar-refractivity contribution in [2.24, 2.45) is 7.05 Å². The van der Waals surface area contributed by atoms with Crippen molar-refractivity contribution in [2.45, 2.75) is 27.7 Å². The number of aromatic nitrogens is 3. The molecule has 0 amide bonds. The molecule has 2 aromatic heterocycles. The average molecular weight is 587 g/mol. The number of nitrogen functional groups attached to an aromatic ring is 1. The highest BCUT2D eigenvalue weighted by Crippen LogP contribution is 2.32. The number of nitrogens with two attached hydrogens (primary N) is 1. The normalized spacial score (nSPS) is 10.9. The molecule has 8 aromatic rings. The van der Waals surface area contributed by atoms with Crippen LogP contribution in [0.2, 0.25) is 0 Å². The predicted molar refractivity (Wildman–Crippen MR) is 193 cm³/mol. The van der Waals surface area contributed by atoms with E-state index in [0.717, 1.165) is 28.5 Å². The van der Waals surface area contributed by atoms with Gasteiger partial charge in [-0.05, 0) is 90.7 Å². The summed E-state index contributed by atoms with van der Waals surface area (Å²) in [7, 11) is 2.08. The Kier molecular flexibility index (Phi) is 8.30. The van der Waals surface area contributed by atoms with Crippen molar-refractivity contribution in [3.63, 3.8) is 0 Å². The zero-order valence-electron chi connectivity index (χ0n) is 26.5. The molecule has 45 heavy (non-hydrogen) atoms. The molecule has 0 radical (unpaired) electrons. The molecule has 0 fully saturated rings. The predicted octanol–water partition coefficient (Wildman–Crippen LogP) is 10.3. The second-order valence-corrected chi connectivity index (χ2v) is 11.5. The Labute approximate surface area is 264 Å². The van der Waals surface area contributed by atoms with E-state index in [0.29, 0.717) is 0 Å². The van der Waals surface area contributed by atoms with Gasteiger partial charge in [0.2, 0.25) is 0 Å². The molecule has 4 nitrogen and oxygen atoms in total. The Balaban J connectivity index is 0.000000119. The smallest absolute Gasteiger partial charge is 0.159 e. The molecule has 0 aliphatic carbocycles. The van der Waals surface area contributed by atoms with E-state index in [9.17, 15) is 0 Å². The van der Waals surface area contributed by atoms with E-state index in [2.05, 4.69) is 114 Å². The monoisotopic (exact) mass is 586 g/mol. The molecule has 0 atom stereocenters. The van der Waals surface area contributed by atoms with E-state index in [-0.39, 0.29) is 0 Å². The summed E-state index contributed by atoms with van der Waals surface area (Å²) in [5.41, 5.74) is 15.0. The maximum absolute atomic E-state index is 5.81. The SMILES string of the molecule is Cc1c2ccccc2c(C)c2ccccc12.Cc1cc(C)nc(-c2ccccc2)n1.Cn1c2ccccc2c2cc(N)ccc21. The first-order valence-electron chi connectivity index (χ1n) is 15.3. The van der Waals surface area contributed by atoms with Crippen LogP contribution in [-0.4, -0.2) is 14.5 Å². The number of anilines is 1. The number of hydrogen-bond donors (Lipinski definition) is 1. The van der Waals surface area contributed by atoms with Gasteiger partial charge in [0.05, 0.1) is 0 Å². The summed E-state index contributed by atoms with van der Waals surface area (Å²) in [6.07, 6.45) is 0. The molecule has 0 spiro atoms. The van der Waals surface area contributed by atoms with Gasteiger partial charge in [0.25, 0.3) is 0 Å². The van der Waals surface area contributed by atoms with Gasteiger partial charge in [-0.3, -0.25) is 0 Å². The van der Waals surface area contributed by atoms with Crippen molar-refractivity contribution in [3.8, 4) is 11.4 Å². The van der Waals surface area contributed by atoms with Crippen molar-refractivity contribution in [2.75, 3.05) is 5.73 Å². The summed E-state index contributed by atoms with van der Waals surface area (Å²) in [4.78, 5) is 8.79. The summed E-state index contributed by atoms with van der Waals surface area (Å²) in [5, 5.41) is 7.99. The highest BCUT2D eigenvalue weighted by atomic mass is 14.9. The van der Waals surface area contributed by atoms with E-state index in [1.54, 1.807) is 0 Å². The highest BCUT2D eigenvalue weighted by Gasteiger charge is 2.08. The number of rotatable bonds is 1. The van der Waals surface area contributed by atoms with Crippen LogP contribution < -0.4 is 5.73 Å². The van der Waals surface area contributed by atoms with E-state index in [1.165, 1.54) is 54.5 Å². The Hall–Kier alpha value is -5.48. The summed E-state index contributed by atoms with van der Waals surface area (Å²) < 4.78 is 2.20. The highest BCUT2D eigenvalue weighted by molar-refractivity contribution is 6.09. The third-order valence-electron chi connectivity index (χ3n) is 8.42. The third-order valence-corrected chi connectivity index (χ3v) is 8.42. The number of nitrogens with zero attached hydrogens (tertiary/aromatic N) is 3. The molecule has 2 heterocycles. The molecule has 6 aromatic carbocycles. The van der Waals surface area contributed by atoms with Crippen molar-refractivity contribution in [1.29, 1.82) is 0 Å². The summed E-state index contributed by atoms with van der Waals surface area (Å²) in [6, 6.07) is 43.8. The van der Waals surface area contributed by atoms with E-state index in [4.69, 9.17) is 5.73 Å². The molecule has 0 aliphatic rings. The van der Waals surface area contributed by atoms with E-state index in [1.807, 2.05) is 62.4 Å². The molecule has 2 N–H and O–H groups in total. The molecular weight excluding hydrogens is 548 g/mol. The van der Waals surface area contributed by atoms with Crippen LogP contribution in [0.3, 0.4) is 0 Å². The molecule has 0 saturated carbocycles. The lowest BCUT2D eigenvalue weighted by Crippen LogP contribution is -1.93. The summed E-state index contributed by atoms with van der Waals surface area (Å²) in [6.45, 7) is 8.40. The van der Waals surface area contributed by atoms with Gasteiger partial charge < -0.3 is 10.3 Å². The van der Waals surface area contributed by atoms with Crippen LogP contribution in [0.1, 0.15) is 22.5 Å². The number of fused-ring (bicyclic) bond motifs is 5. The standard InChI is InChI=1S/C16H14.C13H12N2.C12H12N2/c1-11-13-7-3-5-9-15(13)12(2)16-10-6-4-8-14(11)16;1-15-12-5-3-2-4-10(12)11-8-9(14)6-7-13(11)15;1-9-8-10(2)14-12(13-9)11-6-4-3-5-7-11/h3-10H,1-2H3;2-8H,14H2,1H3;3-8H,1-2H3. The topological polar surface area (TPSA) is 56.7 Å². The van der Waals surface area contributed by atoms with Gasteiger partial charge >= 0.3 is 0 Å². The maximum Gasteiger partial charge on any atom is 0.159 e. The number of benzene rings is 6. The van der Waals surface area contributed by atoms with Gasteiger partial charge in [-0.2, -0.15) is 0 Å². The van der Waals surface area contributed by atoms with Gasteiger partial charge in [0.1, 0.15) is 0 Å². The number of aryl methyl sites for hydroxylation is 5. The minimum absolute atomic E-state index is 0.808. The zero-order valence-corrected chi connectivity index (χ0v) is 26.5. The molecule has 8 rings (SSSR count). The lowest BCUT2D eigenvalue weighted by atomic mass is 9.93. The van der Waals surface area contributed by atoms with Crippen LogP contribution >= 0.6 is 0 Å². The third kappa shape index (κ3) is 6.00. The van der Waals surface area contributed by atoms with Crippen LogP contribution in [-0.2, 0) is 7.05 Å². The van der Waals surface area contributed by atoms with Crippen LogP contribution in [0, 0.1) is 27.7 Å². The van der Waals surface area contributed by atoms with E-state index >= 15 is 0 Å². The van der Waals surface area contributed by atoms with Crippen molar-refractivity contribution < 1.29 is 0 Å². The quantitative estimate of drug-likeness (QED) is 0.154. The Morgan fingerprint density at radius 1 is 0.467 bits per heavy atom. The first-order chi connectivity index (χ1) is 21.8. The molecular formula is C41H38N4. The molecule has 4 heteroatoms. The summed E-state index contributed by atoms with van der Waals surface area (Å²) >= 11 is 0. The Bertz CT molecular complexity index is 2140. The van der Waals surface area contributed by atoms with Crippen LogP contribution in [0.4, 0.5) is 5.69 Å². The van der Waals surface area contributed by atoms with Crippen LogP contribution in [0.5, 0.6) is 0 Å². The second-order valence-electron chi connectivity index (χ2n) is 11.5. The molecule has 0 aliphatic heterocycles. The van der Waals surface area contributed by atoms with Crippen LogP contribution in [0.15, 0.2) is 127 Å². The van der Waals surface area contributed by atoms with Crippen molar-refractivity contribution in [1.82, 2.24) is 14.5 Å². The minimum Gasteiger partial charge on any atom is -0.399 e. The van der Waals surface area contributed by atoms with Gasteiger partial charge in [-0.1, -0.05) is 97.1 Å². The van der Waals surface area contributed by atoms with Crippen molar-refractivity contribution in [3.05, 3.63) is 150 Å². The Morgan fingerprint density at radius 2 is 0.911 bits per heavy atom. The Morgan fingerprint density at radius 3 is 1.44 bits per heavy atom. The fourth-order valence-corrected chi connectivity index (χ4v) is 6.19. The van der Waals surface area contributed by atoms with Gasteiger partial charge in [-0.25, -0.2) is 9.97 Å². The first-order valence-corrected chi connectivity index (χ1v) is 15.3. The number of hydrogen-bond acceptors (Lipinski definition) is 3. The lowest BCUT2D eigenvalue weighted by Gasteiger charge is -2.11. The molecule has 0 unspecified atom stereocenters. The van der Waals surface area contributed by atoms with Gasteiger partial charge in [0, 0.05) is 51.5 Å². The first kappa shape index (κ1) is 29.6.